The van der Waals surface area contributed by atoms with Crippen LogP contribution in [0.1, 0.15) is 53.4 Å². The molecule has 5 nitrogen and oxygen atoms in total. The molecule has 1 aliphatic carbocycles. The van der Waals surface area contributed by atoms with Crippen molar-refractivity contribution >= 4 is 12.0 Å². The summed E-state index contributed by atoms with van der Waals surface area (Å²) in [6.45, 7) is 8.57. The second kappa shape index (κ2) is 6.95. The van der Waals surface area contributed by atoms with E-state index in [9.17, 15) is 14.7 Å². The number of amides is 2. The lowest BCUT2D eigenvalue weighted by Gasteiger charge is -2.44. The second-order valence-electron chi connectivity index (χ2n) is 6.47. The van der Waals surface area contributed by atoms with Crippen LogP contribution in [0.25, 0.3) is 0 Å². The fraction of sp³-hybridized carbons (Fsp3) is 0.867. The van der Waals surface area contributed by atoms with E-state index >= 15 is 0 Å². The van der Waals surface area contributed by atoms with Crippen LogP contribution in [0.15, 0.2) is 0 Å². The van der Waals surface area contributed by atoms with Crippen LogP contribution in [0.2, 0.25) is 0 Å². The largest absolute Gasteiger partial charge is 0.479 e. The molecule has 0 aromatic carbocycles. The van der Waals surface area contributed by atoms with Crippen LogP contribution in [-0.4, -0.2) is 29.2 Å². The Kier molecular flexibility index (Phi) is 5.84. The normalized spacial score (nSPS) is 30.1. The smallest absolute Gasteiger partial charge is 0.330 e. The Labute approximate surface area is 121 Å². The van der Waals surface area contributed by atoms with Gasteiger partial charge in [0.25, 0.3) is 0 Å². The van der Waals surface area contributed by atoms with Gasteiger partial charge in [0.1, 0.15) is 5.54 Å². The third-order valence-electron chi connectivity index (χ3n) is 4.51. The molecule has 0 radical (unpaired) electrons. The van der Waals surface area contributed by atoms with Crippen LogP contribution in [0.3, 0.4) is 0 Å². The predicted octanol–water partition coefficient (Wildman–Crippen LogP) is 2.61. The van der Waals surface area contributed by atoms with Crippen molar-refractivity contribution in [1.82, 2.24) is 10.6 Å². The van der Waals surface area contributed by atoms with E-state index in [4.69, 9.17) is 0 Å². The molecule has 0 bridgehead atoms. The molecule has 116 valence electrons. The number of hydrogen-bond donors (Lipinski definition) is 3. The van der Waals surface area contributed by atoms with E-state index in [-0.39, 0.29) is 17.9 Å². The molecule has 0 saturated heterocycles. The number of aliphatic carboxylic acids is 1. The van der Waals surface area contributed by atoms with Gasteiger partial charge in [-0.15, -0.1) is 0 Å². The van der Waals surface area contributed by atoms with Crippen molar-refractivity contribution in [1.29, 1.82) is 0 Å². The van der Waals surface area contributed by atoms with Gasteiger partial charge in [-0.1, -0.05) is 34.1 Å². The van der Waals surface area contributed by atoms with E-state index in [2.05, 4.69) is 24.5 Å². The van der Waals surface area contributed by atoms with Crippen LogP contribution >= 0.6 is 0 Å². The summed E-state index contributed by atoms with van der Waals surface area (Å²) in [5.41, 5.74) is -1.14. The molecular weight excluding hydrogens is 256 g/mol. The molecule has 0 aromatic heterocycles. The standard InChI is InChI=1S/C15H28N2O3/c1-10(2)8-9-16-14(20)17-15(13(18)19)11(3)6-5-7-12(15)4/h10-12H,5-9H2,1-4H3,(H,18,19)(H2,16,17,20). The Hall–Kier alpha value is -1.26. The summed E-state index contributed by atoms with van der Waals surface area (Å²) in [6.07, 6.45) is 3.58. The maximum Gasteiger partial charge on any atom is 0.330 e. The van der Waals surface area contributed by atoms with Crippen molar-refractivity contribution in [3.8, 4) is 0 Å². The molecule has 5 heteroatoms. The first-order chi connectivity index (χ1) is 9.30. The minimum atomic E-state index is -1.14. The molecule has 1 aliphatic rings. The van der Waals surface area contributed by atoms with Gasteiger partial charge >= 0.3 is 12.0 Å². The highest BCUT2D eigenvalue weighted by atomic mass is 16.4. The zero-order valence-electron chi connectivity index (χ0n) is 13.0. The summed E-state index contributed by atoms with van der Waals surface area (Å²) in [5, 5.41) is 15.2. The monoisotopic (exact) mass is 284 g/mol. The summed E-state index contributed by atoms with van der Waals surface area (Å²) in [7, 11) is 0. The molecule has 2 unspecified atom stereocenters. The number of carboxylic acids is 1. The lowest BCUT2D eigenvalue weighted by molar-refractivity contribution is -0.151. The molecule has 2 amide bonds. The fourth-order valence-corrected chi connectivity index (χ4v) is 3.10. The van der Waals surface area contributed by atoms with Crippen LogP contribution in [0.5, 0.6) is 0 Å². The first kappa shape index (κ1) is 16.8. The van der Waals surface area contributed by atoms with E-state index in [1.165, 1.54) is 0 Å². The maximum absolute atomic E-state index is 12.0. The summed E-state index contributed by atoms with van der Waals surface area (Å²) < 4.78 is 0. The minimum absolute atomic E-state index is 0.0559. The molecule has 0 aliphatic heterocycles. The van der Waals surface area contributed by atoms with Crippen LogP contribution in [-0.2, 0) is 4.79 Å². The predicted molar refractivity (Wildman–Crippen MR) is 78.5 cm³/mol. The van der Waals surface area contributed by atoms with Gasteiger partial charge in [0.15, 0.2) is 0 Å². The molecule has 0 heterocycles. The third-order valence-corrected chi connectivity index (χ3v) is 4.51. The highest BCUT2D eigenvalue weighted by Crippen LogP contribution is 2.38. The van der Waals surface area contributed by atoms with Crippen LogP contribution in [0.4, 0.5) is 4.79 Å². The van der Waals surface area contributed by atoms with Crippen molar-refractivity contribution in [2.45, 2.75) is 58.9 Å². The van der Waals surface area contributed by atoms with Gasteiger partial charge < -0.3 is 15.7 Å². The Morgan fingerprint density at radius 2 is 1.80 bits per heavy atom. The number of rotatable bonds is 5. The van der Waals surface area contributed by atoms with Gasteiger partial charge in [-0.25, -0.2) is 9.59 Å². The van der Waals surface area contributed by atoms with Crippen molar-refractivity contribution < 1.29 is 14.7 Å². The molecule has 1 rings (SSSR count). The zero-order chi connectivity index (χ0) is 15.3. The topological polar surface area (TPSA) is 78.4 Å². The zero-order valence-corrected chi connectivity index (χ0v) is 13.0. The van der Waals surface area contributed by atoms with E-state index in [0.717, 1.165) is 25.7 Å². The number of carbonyl (C=O) groups is 2. The Morgan fingerprint density at radius 1 is 1.25 bits per heavy atom. The second-order valence-corrected chi connectivity index (χ2v) is 6.47. The van der Waals surface area contributed by atoms with Crippen LogP contribution in [0, 0.1) is 17.8 Å². The minimum Gasteiger partial charge on any atom is -0.479 e. The van der Waals surface area contributed by atoms with Gasteiger partial charge in [-0.3, -0.25) is 0 Å². The average Bonchev–Trinajstić information content (AvgIpc) is 2.33. The number of urea groups is 1. The first-order valence-corrected chi connectivity index (χ1v) is 7.60. The number of hydrogen-bond acceptors (Lipinski definition) is 2. The summed E-state index contributed by atoms with van der Waals surface area (Å²) in [4.78, 5) is 23.8. The lowest BCUT2D eigenvalue weighted by Crippen LogP contribution is -2.65. The SMILES string of the molecule is CC(C)CCNC(=O)NC1(C(=O)O)C(C)CCCC1C. The Balaban J connectivity index is 2.71. The summed E-state index contributed by atoms with van der Waals surface area (Å²) >= 11 is 0. The van der Waals surface area contributed by atoms with Crippen molar-refractivity contribution in [3.63, 3.8) is 0 Å². The van der Waals surface area contributed by atoms with Gasteiger partial charge in [-0.2, -0.15) is 0 Å². The summed E-state index contributed by atoms with van der Waals surface area (Å²) in [5.74, 6) is -0.522. The van der Waals surface area contributed by atoms with E-state index in [0.29, 0.717) is 12.5 Å². The molecule has 1 saturated carbocycles. The summed E-state index contributed by atoms with van der Waals surface area (Å²) in [6, 6.07) is -0.367. The quantitative estimate of drug-likeness (QED) is 0.726. The molecule has 20 heavy (non-hydrogen) atoms. The number of carbonyl (C=O) groups excluding carboxylic acids is 1. The lowest BCUT2D eigenvalue weighted by atomic mass is 9.67. The molecular formula is C15H28N2O3. The van der Waals surface area contributed by atoms with Gasteiger partial charge in [0, 0.05) is 6.54 Å². The van der Waals surface area contributed by atoms with Crippen molar-refractivity contribution in [2.24, 2.45) is 17.8 Å². The molecule has 1 fully saturated rings. The van der Waals surface area contributed by atoms with Gasteiger partial charge in [-0.05, 0) is 37.0 Å². The molecule has 3 N–H and O–H groups in total. The van der Waals surface area contributed by atoms with Gasteiger partial charge in [0.2, 0.25) is 0 Å². The fourth-order valence-electron chi connectivity index (χ4n) is 3.10. The van der Waals surface area contributed by atoms with Crippen molar-refractivity contribution in [3.05, 3.63) is 0 Å². The maximum atomic E-state index is 12.0. The highest BCUT2D eigenvalue weighted by Gasteiger charge is 2.51. The van der Waals surface area contributed by atoms with E-state index in [1.54, 1.807) is 0 Å². The highest BCUT2D eigenvalue weighted by molar-refractivity contribution is 5.87. The first-order valence-electron chi connectivity index (χ1n) is 7.60. The van der Waals surface area contributed by atoms with Gasteiger partial charge in [0.05, 0.1) is 0 Å². The van der Waals surface area contributed by atoms with E-state index < -0.39 is 11.5 Å². The van der Waals surface area contributed by atoms with Crippen LogP contribution < -0.4 is 10.6 Å². The molecule has 0 aromatic rings. The number of carboxylic acid groups (broad SMARTS) is 1. The number of nitrogens with one attached hydrogen (secondary N) is 2. The molecule has 0 spiro atoms. The third kappa shape index (κ3) is 3.64. The molecule has 2 atom stereocenters. The Bertz CT molecular complexity index is 345. The van der Waals surface area contributed by atoms with E-state index in [1.807, 2.05) is 13.8 Å². The van der Waals surface area contributed by atoms with Crippen molar-refractivity contribution in [2.75, 3.05) is 6.54 Å². The average molecular weight is 284 g/mol. The Morgan fingerprint density at radius 3 is 2.25 bits per heavy atom.